The molecule has 1 N–H and O–H groups in total. The molecule has 11 heteroatoms. The summed E-state index contributed by atoms with van der Waals surface area (Å²) < 4.78 is 33.0. The predicted molar refractivity (Wildman–Crippen MR) is 138 cm³/mol. The molecule has 192 valence electrons. The second kappa shape index (κ2) is 8.67. The average Bonchev–Trinajstić information content (AvgIpc) is 3.24. The van der Waals surface area contributed by atoms with Crippen LogP contribution in [0.2, 0.25) is 0 Å². The molecule has 0 amide bonds. The summed E-state index contributed by atoms with van der Waals surface area (Å²) in [4.78, 5) is 11.7. The maximum atomic E-state index is 11.9. The quantitative estimate of drug-likeness (QED) is 0.558. The third-order valence-electron chi connectivity index (χ3n) is 8.24. The van der Waals surface area contributed by atoms with Crippen LogP contribution in [0.4, 0.5) is 11.6 Å². The van der Waals surface area contributed by atoms with Gasteiger partial charge in [0.25, 0.3) is 0 Å². The minimum Gasteiger partial charge on any atom is -0.495 e. The van der Waals surface area contributed by atoms with Crippen molar-refractivity contribution in [2.24, 2.45) is 5.41 Å². The lowest BCUT2D eigenvalue weighted by Gasteiger charge is -2.51. The Morgan fingerprint density at radius 1 is 1.11 bits per heavy atom. The number of piperidine rings is 1. The molecule has 0 radical (unpaired) electrons. The van der Waals surface area contributed by atoms with Crippen molar-refractivity contribution in [3.05, 3.63) is 35.7 Å². The number of ether oxygens (including phenoxy) is 1. The van der Waals surface area contributed by atoms with Gasteiger partial charge in [-0.15, -0.1) is 0 Å². The Balaban J connectivity index is 1.21. The lowest BCUT2D eigenvalue weighted by Crippen LogP contribution is -2.49. The number of benzene rings is 1. The first-order valence-electron chi connectivity index (χ1n) is 12.5. The molecule has 2 aliphatic heterocycles. The number of hydrogen-bond acceptors (Lipinski definition) is 8. The Bertz CT molecular complexity index is 1400. The van der Waals surface area contributed by atoms with Gasteiger partial charge in [0, 0.05) is 32.4 Å². The molecule has 0 unspecified atom stereocenters. The van der Waals surface area contributed by atoms with E-state index in [0.717, 1.165) is 67.7 Å². The number of nitrogens with one attached hydrogen (secondary N) is 1. The second-order valence-electron chi connectivity index (χ2n) is 10.7. The van der Waals surface area contributed by atoms with E-state index in [1.807, 2.05) is 17.1 Å². The zero-order valence-electron chi connectivity index (χ0n) is 21.1. The van der Waals surface area contributed by atoms with Crippen molar-refractivity contribution in [1.29, 1.82) is 0 Å². The molecule has 4 heterocycles. The molecule has 2 fully saturated rings. The van der Waals surface area contributed by atoms with Gasteiger partial charge in [0.2, 0.25) is 16.0 Å². The van der Waals surface area contributed by atoms with Gasteiger partial charge >= 0.3 is 0 Å². The molecular formula is C25H33N7O3S. The summed E-state index contributed by atoms with van der Waals surface area (Å²) in [6, 6.07) is 4.53. The van der Waals surface area contributed by atoms with Crippen molar-refractivity contribution >= 4 is 32.7 Å². The highest BCUT2D eigenvalue weighted by molar-refractivity contribution is 7.88. The Morgan fingerprint density at radius 2 is 1.89 bits per heavy atom. The van der Waals surface area contributed by atoms with Gasteiger partial charge in [0.1, 0.15) is 5.75 Å². The monoisotopic (exact) mass is 511 g/mol. The van der Waals surface area contributed by atoms with Crippen LogP contribution < -0.4 is 10.1 Å². The van der Waals surface area contributed by atoms with Crippen molar-refractivity contribution in [3.8, 4) is 5.75 Å². The lowest BCUT2D eigenvalue weighted by molar-refractivity contribution is 0.00824. The first-order chi connectivity index (χ1) is 17.2. The minimum atomic E-state index is -3.11. The first kappa shape index (κ1) is 23.6. The number of hydrogen-bond donors (Lipinski definition) is 1. The van der Waals surface area contributed by atoms with E-state index in [1.54, 1.807) is 11.4 Å². The molecule has 1 spiro atoms. The third kappa shape index (κ3) is 4.22. The van der Waals surface area contributed by atoms with E-state index < -0.39 is 10.0 Å². The van der Waals surface area contributed by atoms with Gasteiger partial charge in [-0.2, -0.15) is 10.1 Å². The van der Waals surface area contributed by atoms with Crippen LogP contribution in [0, 0.1) is 5.41 Å². The molecule has 10 nitrogen and oxygen atoms in total. The van der Waals surface area contributed by atoms with E-state index in [-0.39, 0.29) is 11.5 Å². The number of anilines is 2. The summed E-state index contributed by atoms with van der Waals surface area (Å²) in [5.41, 5.74) is 4.50. The summed E-state index contributed by atoms with van der Waals surface area (Å²) in [6.07, 6.45) is 9.77. The summed E-state index contributed by atoms with van der Waals surface area (Å²) in [5.74, 6) is 1.30. The van der Waals surface area contributed by atoms with Crippen molar-refractivity contribution < 1.29 is 13.2 Å². The fourth-order valence-corrected chi connectivity index (χ4v) is 6.94. The molecule has 1 aliphatic carbocycles. The van der Waals surface area contributed by atoms with Crippen LogP contribution in [0.15, 0.2) is 24.5 Å². The third-order valence-corrected chi connectivity index (χ3v) is 9.54. The Kier molecular flexibility index (Phi) is 5.69. The minimum absolute atomic E-state index is 0.210. The van der Waals surface area contributed by atoms with Gasteiger partial charge < -0.3 is 15.0 Å². The zero-order valence-corrected chi connectivity index (χ0v) is 21.9. The van der Waals surface area contributed by atoms with Gasteiger partial charge in [-0.1, -0.05) is 0 Å². The number of rotatable bonds is 5. The standard InChI is InChI=1S/C25H33N7O3S/c1-30-7-4-17-11-22(35-2)21(10-18(17)16-30)28-24-26-14-19-15-27-32(23(19)29-24)20-12-25(13-20)5-8-31(9-6-25)36(3,33)34/h10-11,14-15,20H,4-9,12-13,16H2,1-3H3,(H,26,28,29). The SMILES string of the molecule is COc1cc2c(cc1Nc1ncc3cnn(C4CC5(CCN(S(C)(=O)=O)CC5)C4)c3n1)CN(C)CC2. The molecule has 36 heavy (non-hydrogen) atoms. The first-order valence-corrected chi connectivity index (χ1v) is 14.4. The molecule has 1 aromatic carbocycles. The molecular weight excluding hydrogens is 478 g/mol. The van der Waals surface area contributed by atoms with Crippen LogP contribution >= 0.6 is 0 Å². The number of methoxy groups -OCH3 is 1. The van der Waals surface area contributed by atoms with Crippen LogP contribution in [-0.4, -0.2) is 77.4 Å². The van der Waals surface area contributed by atoms with Gasteiger partial charge in [0.15, 0.2) is 5.65 Å². The van der Waals surface area contributed by atoms with Crippen LogP contribution in [0.3, 0.4) is 0 Å². The largest absolute Gasteiger partial charge is 0.495 e. The summed E-state index contributed by atoms with van der Waals surface area (Å²) >= 11 is 0. The normalized spacial score (nSPS) is 20.9. The molecule has 6 rings (SSSR count). The maximum absolute atomic E-state index is 11.9. The van der Waals surface area contributed by atoms with E-state index in [0.29, 0.717) is 19.0 Å². The highest BCUT2D eigenvalue weighted by atomic mass is 32.2. The Labute approximate surface area is 211 Å². The number of aromatic nitrogens is 4. The van der Waals surface area contributed by atoms with E-state index >= 15 is 0 Å². The second-order valence-corrected chi connectivity index (χ2v) is 12.7. The van der Waals surface area contributed by atoms with E-state index in [1.165, 1.54) is 17.4 Å². The summed E-state index contributed by atoms with van der Waals surface area (Å²) in [6.45, 7) is 3.18. The topological polar surface area (TPSA) is 105 Å². The van der Waals surface area contributed by atoms with Crippen molar-refractivity contribution in [2.45, 2.75) is 44.7 Å². The number of fused-ring (bicyclic) bond motifs is 2. The van der Waals surface area contributed by atoms with Crippen molar-refractivity contribution in [3.63, 3.8) is 0 Å². The zero-order chi connectivity index (χ0) is 25.1. The van der Waals surface area contributed by atoms with Crippen LogP contribution in [0.5, 0.6) is 5.75 Å². The van der Waals surface area contributed by atoms with Crippen LogP contribution in [-0.2, 0) is 23.0 Å². The molecule has 1 saturated carbocycles. The van der Waals surface area contributed by atoms with Gasteiger partial charge in [-0.3, -0.25) is 0 Å². The van der Waals surface area contributed by atoms with Crippen molar-refractivity contribution in [2.75, 3.05) is 45.4 Å². The highest BCUT2D eigenvalue weighted by Gasteiger charge is 2.48. The highest BCUT2D eigenvalue weighted by Crippen LogP contribution is 2.55. The van der Waals surface area contributed by atoms with Crippen LogP contribution in [0.1, 0.15) is 42.9 Å². The number of sulfonamides is 1. The molecule has 2 aromatic heterocycles. The van der Waals surface area contributed by atoms with E-state index in [4.69, 9.17) is 9.72 Å². The fraction of sp³-hybridized carbons (Fsp3) is 0.560. The number of nitrogens with zero attached hydrogens (tertiary/aromatic N) is 6. The Morgan fingerprint density at radius 3 is 2.61 bits per heavy atom. The molecule has 3 aliphatic rings. The number of likely N-dealkylation sites (N-methyl/N-ethyl adjacent to an activating group) is 1. The predicted octanol–water partition coefficient (Wildman–Crippen LogP) is 2.94. The van der Waals surface area contributed by atoms with Gasteiger partial charge in [0.05, 0.1) is 36.7 Å². The average molecular weight is 512 g/mol. The van der Waals surface area contributed by atoms with Gasteiger partial charge in [-0.25, -0.2) is 22.4 Å². The van der Waals surface area contributed by atoms with E-state index in [9.17, 15) is 8.42 Å². The van der Waals surface area contributed by atoms with E-state index in [2.05, 4.69) is 39.5 Å². The van der Waals surface area contributed by atoms with Crippen molar-refractivity contribution in [1.82, 2.24) is 29.0 Å². The molecule has 0 bridgehead atoms. The smallest absolute Gasteiger partial charge is 0.229 e. The summed E-state index contributed by atoms with van der Waals surface area (Å²) in [5, 5.41) is 8.94. The molecule has 1 saturated heterocycles. The van der Waals surface area contributed by atoms with Crippen LogP contribution in [0.25, 0.3) is 11.0 Å². The lowest BCUT2D eigenvalue weighted by atomic mass is 9.60. The summed E-state index contributed by atoms with van der Waals surface area (Å²) in [7, 11) is 0.716. The fourth-order valence-electron chi connectivity index (χ4n) is 6.09. The maximum Gasteiger partial charge on any atom is 0.229 e. The molecule has 3 aromatic rings. The molecule has 0 atom stereocenters. The van der Waals surface area contributed by atoms with Gasteiger partial charge in [-0.05, 0) is 67.8 Å². The Hall–Kier alpha value is -2.76.